The minimum atomic E-state index is -0.338. The Morgan fingerprint density at radius 1 is 1.12 bits per heavy atom. The monoisotopic (exact) mass is 242 g/mol. The van der Waals surface area contributed by atoms with Crippen molar-refractivity contribution in [3.63, 3.8) is 0 Å². The number of hydrogen-bond acceptors (Lipinski definition) is 2. The van der Waals surface area contributed by atoms with E-state index in [0.717, 1.165) is 5.96 Å². The van der Waals surface area contributed by atoms with Crippen LogP contribution in [-0.4, -0.2) is 62.9 Å². The van der Waals surface area contributed by atoms with Gasteiger partial charge in [-0.05, 0) is 0 Å². The van der Waals surface area contributed by atoms with Gasteiger partial charge in [-0.25, -0.2) is 0 Å². The van der Waals surface area contributed by atoms with E-state index < -0.39 is 0 Å². The van der Waals surface area contributed by atoms with Gasteiger partial charge in [-0.2, -0.15) is 0 Å². The molecule has 1 N–H and O–H groups in total. The molecule has 0 bridgehead atoms. The number of hydrogen-bond donors (Lipinski definition) is 1. The van der Waals surface area contributed by atoms with Crippen LogP contribution >= 0.6 is 0 Å². The van der Waals surface area contributed by atoms with Crippen LogP contribution in [0.3, 0.4) is 0 Å². The summed E-state index contributed by atoms with van der Waals surface area (Å²) < 4.78 is 0. The van der Waals surface area contributed by atoms with Crippen LogP contribution in [0.15, 0.2) is 4.99 Å². The van der Waals surface area contributed by atoms with Gasteiger partial charge in [0.15, 0.2) is 5.96 Å². The van der Waals surface area contributed by atoms with E-state index in [2.05, 4.69) is 10.3 Å². The van der Waals surface area contributed by atoms with Gasteiger partial charge in [-0.1, -0.05) is 20.8 Å². The Balaban J connectivity index is 4.14. The first-order valence-corrected chi connectivity index (χ1v) is 5.83. The predicted octanol–water partition coefficient (Wildman–Crippen LogP) is 0.628. The molecule has 0 unspecified atom stereocenters. The number of carbonyl (C=O) groups excluding carboxylic acids is 1. The molecule has 0 aromatic heterocycles. The molecule has 0 aliphatic rings. The van der Waals surface area contributed by atoms with Gasteiger partial charge in [0.05, 0.1) is 6.54 Å². The molecule has 0 aliphatic carbocycles. The summed E-state index contributed by atoms with van der Waals surface area (Å²) in [4.78, 5) is 19.9. The summed E-state index contributed by atoms with van der Waals surface area (Å²) in [5.74, 6) is 0.957. The van der Waals surface area contributed by atoms with Gasteiger partial charge in [0.2, 0.25) is 5.91 Å². The third-order valence-electron chi connectivity index (χ3n) is 2.13. The molecule has 0 aliphatic heterocycles. The highest BCUT2D eigenvalue weighted by Crippen LogP contribution is 2.11. The second-order valence-electron chi connectivity index (χ2n) is 5.48. The Morgan fingerprint density at radius 3 is 1.94 bits per heavy atom. The molecule has 17 heavy (non-hydrogen) atoms. The quantitative estimate of drug-likeness (QED) is 0.448. The second-order valence-corrected chi connectivity index (χ2v) is 5.48. The van der Waals surface area contributed by atoms with Crippen molar-refractivity contribution in [2.75, 3.05) is 41.3 Å². The maximum atomic E-state index is 11.6. The number of rotatable bonds is 3. The minimum Gasteiger partial charge on any atom is -0.354 e. The molecule has 0 rings (SSSR count). The molecule has 0 saturated heterocycles. The maximum absolute atomic E-state index is 11.6. The fraction of sp³-hybridized carbons (Fsp3) is 0.833. The molecule has 0 fully saturated rings. The van der Waals surface area contributed by atoms with E-state index in [4.69, 9.17) is 0 Å². The summed E-state index contributed by atoms with van der Waals surface area (Å²) in [5, 5.41) is 2.87. The molecule has 0 aromatic carbocycles. The van der Waals surface area contributed by atoms with Crippen molar-refractivity contribution in [3.8, 4) is 0 Å². The lowest BCUT2D eigenvalue weighted by molar-refractivity contribution is -0.128. The fourth-order valence-electron chi connectivity index (χ4n) is 1.27. The van der Waals surface area contributed by atoms with E-state index in [-0.39, 0.29) is 11.3 Å². The van der Waals surface area contributed by atoms with Gasteiger partial charge < -0.3 is 15.1 Å². The van der Waals surface area contributed by atoms with Gasteiger partial charge in [-0.3, -0.25) is 9.79 Å². The predicted molar refractivity (Wildman–Crippen MR) is 72.1 cm³/mol. The van der Waals surface area contributed by atoms with Crippen LogP contribution in [0.5, 0.6) is 0 Å². The number of guanidine groups is 1. The SMILES string of the molecule is CN(C)C(=NCCNC(=O)C(C)(C)C)N(C)C. The van der Waals surface area contributed by atoms with E-state index in [0.29, 0.717) is 13.1 Å². The van der Waals surface area contributed by atoms with Crippen molar-refractivity contribution < 1.29 is 4.79 Å². The Hall–Kier alpha value is -1.26. The van der Waals surface area contributed by atoms with Crippen LogP contribution in [0.25, 0.3) is 0 Å². The van der Waals surface area contributed by atoms with E-state index in [1.54, 1.807) is 0 Å². The first-order chi connectivity index (χ1) is 7.66. The van der Waals surface area contributed by atoms with Crippen LogP contribution < -0.4 is 5.32 Å². The van der Waals surface area contributed by atoms with Crippen molar-refractivity contribution in [1.82, 2.24) is 15.1 Å². The van der Waals surface area contributed by atoms with Crippen molar-refractivity contribution in [3.05, 3.63) is 0 Å². The first kappa shape index (κ1) is 15.7. The topological polar surface area (TPSA) is 47.9 Å². The van der Waals surface area contributed by atoms with E-state index in [9.17, 15) is 4.79 Å². The summed E-state index contributed by atoms with van der Waals surface area (Å²) >= 11 is 0. The molecule has 0 heterocycles. The lowest BCUT2D eigenvalue weighted by Crippen LogP contribution is -2.38. The molecule has 0 aromatic rings. The summed E-state index contributed by atoms with van der Waals surface area (Å²) in [6, 6.07) is 0. The number of aliphatic imine (C=N–C) groups is 1. The average molecular weight is 242 g/mol. The Bertz CT molecular complexity index is 267. The fourth-order valence-corrected chi connectivity index (χ4v) is 1.27. The Morgan fingerprint density at radius 2 is 1.59 bits per heavy atom. The van der Waals surface area contributed by atoms with Crippen LogP contribution in [0, 0.1) is 5.41 Å². The molecule has 0 spiro atoms. The summed E-state index contributed by atoms with van der Waals surface area (Å²) in [6.45, 7) is 6.86. The molecular weight excluding hydrogens is 216 g/mol. The number of carbonyl (C=O) groups is 1. The highest BCUT2D eigenvalue weighted by atomic mass is 16.2. The van der Waals surface area contributed by atoms with Crippen molar-refractivity contribution >= 4 is 11.9 Å². The smallest absolute Gasteiger partial charge is 0.225 e. The van der Waals surface area contributed by atoms with Gasteiger partial charge in [0.1, 0.15) is 0 Å². The number of nitrogens with one attached hydrogen (secondary N) is 1. The summed E-state index contributed by atoms with van der Waals surface area (Å²) in [5.41, 5.74) is -0.338. The van der Waals surface area contributed by atoms with E-state index in [1.807, 2.05) is 58.8 Å². The molecule has 0 radical (unpaired) electrons. The molecule has 0 atom stereocenters. The van der Waals surface area contributed by atoms with Crippen LogP contribution in [0.2, 0.25) is 0 Å². The maximum Gasteiger partial charge on any atom is 0.225 e. The third kappa shape index (κ3) is 6.14. The van der Waals surface area contributed by atoms with Gasteiger partial charge >= 0.3 is 0 Å². The lowest BCUT2D eigenvalue weighted by atomic mass is 9.96. The Kier molecular flexibility index (Phi) is 5.99. The molecule has 5 heteroatoms. The zero-order valence-electron chi connectivity index (χ0n) is 12.2. The van der Waals surface area contributed by atoms with Crippen molar-refractivity contribution in [2.45, 2.75) is 20.8 Å². The average Bonchev–Trinajstić information content (AvgIpc) is 2.14. The zero-order chi connectivity index (χ0) is 13.6. The van der Waals surface area contributed by atoms with Crippen LogP contribution in [0.1, 0.15) is 20.8 Å². The molecule has 5 nitrogen and oxygen atoms in total. The largest absolute Gasteiger partial charge is 0.354 e. The van der Waals surface area contributed by atoms with Crippen molar-refractivity contribution in [2.24, 2.45) is 10.4 Å². The minimum absolute atomic E-state index is 0.0592. The number of nitrogens with zero attached hydrogens (tertiary/aromatic N) is 3. The third-order valence-corrected chi connectivity index (χ3v) is 2.13. The van der Waals surface area contributed by atoms with Crippen LogP contribution in [0.4, 0.5) is 0 Å². The van der Waals surface area contributed by atoms with Gasteiger partial charge in [-0.15, -0.1) is 0 Å². The summed E-state index contributed by atoms with van der Waals surface area (Å²) in [6.07, 6.45) is 0. The highest BCUT2D eigenvalue weighted by Gasteiger charge is 2.20. The highest BCUT2D eigenvalue weighted by molar-refractivity contribution is 5.81. The van der Waals surface area contributed by atoms with Crippen molar-refractivity contribution in [1.29, 1.82) is 0 Å². The normalized spacial score (nSPS) is 10.8. The summed E-state index contributed by atoms with van der Waals surface area (Å²) in [7, 11) is 7.80. The number of amides is 1. The second kappa shape index (κ2) is 6.47. The molecular formula is C12H26N4O. The lowest BCUT2D eigenvalue weighted by Gasteiger charge is -2.23. The molecule has 0 saturated carbocycles. The van der Waals surface area contributed by atoms with Crippen LogP contribution in [-0.2, 0) is 4.79 Å². The molecule has 1 amide bonds. The van der Waals surface area contributed by atoms with E-state index in [1.165, 1.54) is 0 Å². The zero-order valence-corrected chi connectivity index (χ0v) is 12.2. The first-order valence-electron chi connectivity index (χ1n) is 5.83. The Labute approximate surface area is 105 Å². The van der Waals surface area contributed by atoms with Gasteiger partial charge in [0.25, 0.3) is 0 Å². The standard InChI is InChI=1S/C12H26N4O/c1-12(2,3)10(17)13-8-9-14-11(15(4)5)16(6)7/h8-9H2,1-7H3,(H,13,17). The van der Waals surface area contributed by atoms with Gasteiger partial charge in [0, 0.05) is 40.2 Å². The molecule has 100 valence electrons. The van der Waals surface area contributed by atoms with E-state index >= 15 is 0 Å².